The number of carbonyl (C=O) groups excluding carboxylic acids is 2. The number of nitro groups is 1. The van der Waals surface area contributed by atoms with Crippen LogP contribution in [-0.2, 0) is 23.0 Å². The quantitative estimate of drug-likeness (QED) is 0.314. The van der Waals surface area contributed by atoms with E-state index in [1.807, 2.05) is 24.3 Å². The first kappa shape index (κ1) is 22.4. The Morgan fingerprint density at radius 3 is 2.88 bits per heavy atom. The van der Waals surface area contributed by atoms with Crippen LogP contribution in [0.3, 0.4) is 0 Å². The van der Waals surface area contributed by atoms with Gasteiger partial charge in [-0.25, -0.2) is 9.48 Å². The van der Waals surface area contributed by atoms with E-state index in [0.29, 0.717) is 10.1 Å². The summed E-state index contributed by atoms with van der Waals surface area (Å²) in [6, 6.07) is 11.6. The van der Waals surface area contributed by atoms with Gasteiger partial charge in [0.2, 0.25) is 5.16 Å². The van der Waals surface area contributed by atoms with Crippen molar-refractivity contribution in [2.75, 3.05) is 6.61 Å². The van der Waals surface area contributed by atoms with Crippen molar-refractivity contribution < 1.29 is 19.2 Å². The fourth-order valence-corrected chi connectivity index (χ4v) is 4.47. The van der Waals surface area contributed by atoms with E-state index in [0.717, 1.165) is 42.7 Å². The molecule has 0 saturated heterocycles. The number of amides is 1. The number of nitrogens with one attached hydrogen (secondary N) is 1. The van der Waals surface area contributed by atoms with Crippen LogP contribution in [-0.4, -0.2) is 43.6 Å². The lowest BCUT2D eigenvalue weighted by Gasteiger charge is -2.26. The van der Waals surface area contributed by atoms with Gasteiger partial charge < -0.3 is 10.1 Å². The van der Waals surface area contributed by atoms with Crippen molar-refractivity contribution in [3.05, 3.63) is 69.3 Å². The number of esters is 1. The number of aryl methyl sites for hydroxylation is 2. The van der Waals surface area contributed by atoms with Crippen LogP contribution in [0.5, 0.6) is 0 Å². The molecule has 0 saturated carbocycles. The van der Waals surface area contributed by atoms with E-state index >= 15 is 0 Å². The summed E-state index contributed by atoms with van der Waals surface area (Å²) in [5, 5.41) is 25.6. The lowest BCUT2D eigenvalue weighted by molar-refractivity contribution is -0.384. The predicted octanol–water partition coefficient (Wildman–Crippen LogP) is 2.62. The van der Waals surface area contributed by atoms with E-state index in [1.165, 1.54) is 22.4 Å². The molecule has 1 N–H and O–H groups in total. The molecular weight excluding hydrogens is 448 g/mol. The van der Waals surface area contributed by atoms with Gasteiger partial charge in [0.15, 0.2) is 6.61 Å². The smallest absolute Gasteiger partial charge is 0.340 e. The molecule has 3 aromatic rings. The average Bonchev–Trinajstić information content (AvgIpc) is 3.22. The lowest BCUT2D eigenvalue weighted by atomic mass is 9.88. The zero-order chi connectivity index (χ0) is 23.4. The van der Waals surface area contributed by atoms with Crippen LogP contribution in [0.25, 0.3) is 0 Å². The Morgan fingerprint density at radius 2 is 2.12 bits per heavy atom. The molecule has 1 aliphatic rings. The van der Waals surface area contributed by atoms with Crippen molar-refractivity contribution in [1.29, 1.82) is 0 Å². The normalized spacial score (nSPS) is 14.9. The van der Waals surface area contributed by atoms with Gasteiger partial charge >= 0.3 is 5.97 Å². The van der Waals surface area contributed by atoms with Crippen molar-refractivity contribution >= 4 is 29.3 Å². The van der Waals surface area contributed by atoms with Crippen LogP contribution in [0.15, 0.2) is 52.5 Å². The second-order valence-corrected chi connectivity index (χ2v) is 8.42. The van der Waals surface area contributed by atoms with Gasteiger partial charge in [0.1, 0.15) is 0 Å². The average molecular weight is 468 g/mol. The largest absolute Gasteiger partial charge is 0.452 e. The molecule has 170 valence electrons. The number of aromatic nitrogens is 4. The molecule has 1 atom stereocenters. The molecule has 1 amide bonds. The standard InChI is InChI=1S/C21H20N6O5S/c1-26-21(23-24-25-26)33-18-10-9-14(27(30)31)11-16(18)20(29)32-12-19(28)22-17-8-4-6-13-5-2-3-7-15(13)17/h2-3,5,7,9-11,17H,4,6,8,12H2,1H3,(H,22,28). The molecule has 11 nitrogen and oxygen atoms in total. The Balaban J connectivity index is 1.45. The number of carbonyl (C=O) groups is 2. The fourth-order valence-electron chi connectivity index (χ4n) is 3.63. The van der Waals surface area contributed by atoms with E-state index in [2.05, 4.69) is 20.8 Å². The highest BCUT2D eigenvalue weighted by Crippen LogP contribution is 2.32. The van der Waals surface area contributed by atoms with Crippen molar-refractivity contribution in [2.24, 2.45) is 7.05 Å². The van der Waals surface area contributed by atoms with Crippen LogP contribution in [0.2, 0.25) is 0 Å². The lowest BCUT2D eigenvalue weighted by Crippen LogP contribution is -2.34. The summed E-state index contributed by atoms with van der Waals surface area (Å²) >= 11 is 1.05. The SMILES string of the molecule is Cn1nnnc1Sc1ccc([N+](=O)[O-])cc1C(=O)OCC(=O)NC1CCCc2ccccc21. The molecule has 0 radical (unpaired) electrons. The van der Waals surface area contributed by atoms with Crippen molar-refractivity contribution in [3.8, 4) is 0 Å². The van der Waals surface area contributed by atoms with E-state index in [1.54, 1.807) is 7.05 Å². The van der Waals surface area contributed by atoms with Gasteiger partial charge in [0.25, 0.3) is 11.6 Å². The number of rotatable bonds is 7. The molecule has 1 heterocycles. The van der Waals surface area contributed by atoms with Crippen molar-refractivity contribution in [2.45, 2.75) is 35.4 Å². The number of nitrogens with zero attached hydrogens (tertiary/aromatic N) is 5. The Labute approximate surface area is 192 Å². The molecule has 12 heteroatoms. The predicted molar refractivity (Wildman–Crippen MR) is 117 cm³/mol. The summed E-state index contributed by atoms with van der Waals surface area (Å²) in [6.45, 7) is -0.504. The van der Waals surface area contributed by atoms with Gasteiger partial charge in [-0.05, 0) is 58.6 Å². The third-order valence-electron chi connectivity index (χ3n) is 5.22. The molecule has 1 unspecified atom stereocenters. The molecule has 0 spiro atoms. The van der Waals surface area contributed by atoms with Gasteiger partial charge in [0, 0.05) is 24.1 Å². The zero-order valence-electron chi connectivity index (χ0n) is 17.6. The number of benzene rings is 2. The molecule has 2 aromatic carbocycles. The number of fused-ring (bicyclic) bond motifs is 1. The van der Waals surface area contributed by atoms with E-state index in [4.69, 9.17) is 4.74 Å². The second kappa shape index (κ2) is 9.77. The van der Waals surface area contributed by atoms with Gasteiger partial charge in [0.05, 0.1) is 16.5 Å². The van der Waals surface area contributed by atoms with Crippen LogP contribution >= 0.6 is 11.8 Å². The third kappa shape index (κ3) is 5.17. The van der Waals surface area contributed by atoms with Crippen LogP contribution in [0.1, 0.15) is 40.4 Å². The fraction of sp³-hybridized carbons (Fsp3) is 0.286. The molecule has 0 fully saturated rings. The maximum absolute atomic E-state index is 12.8. The molecule has 1 aliphatic carbocycles. The molecule has 1 aromatic heterocycles. The van der Waals surface area contributed by atoms with E-state index in [9.17, 15) is 19.7 Å². The monoisotopic (exact) mass is 468 g/mol. The zero-order valence-corrected chi connectivity index (χ0v) is 18.4. The third-order valence-corrected chi connectivity index (χ3v) is 6.32. The highest BCUT2D eigenvalue weighted by molar-refractivity contribution is 7.99. The summed E-state index contributed by atoms with van der Waals surface area (Å²) in [4.78, 5) is 36.2. The first-order valence-electron chi connectivity index (χ1n) is 10.2. The number of non-ortho nitro benzene ring substituents is 1. The number of nitro benzene ring substituents is 1. The molecule has 33 heavy (non-hydrogen) atoms. The first-order valence-corrected chi connectivity index (χ1v) is 11.0. The maximum atomic E-state index is 12.8. The highest BCUT2D eigenvalue weighted by atomic mass is 32.2. The maximum Gasteiger partial charge on any atom is 0.340 e. The minimum absolute atomic E-state index is 0.0481. The van der Waals surface area contributed by atoms with E-state index < -0.39 is 23.4 Å². The minimum Gasteiger partial charge on any atom is -0.452 e. The molecule has 0 aliphatic heterocycles. The Bertz CT molecular complexity index is 1210. The van der Waals surface area contributed by atoms with Gasteiger partial charge in [-0.2, -0.15) is 0 Å². The van der Waals surface area contributed by atoms with Gasteiger partial charge in [-0.3, -0.25) is 14.9 Å². The Morgan fingerprint density at radius 1 is 1.30 bits per heavy atom. The molecular formula is C21H20N6O5S. The van der Waals surface area contributed by atoms with Crippen molar-refractivity contribution in [3.63, 3.8) is 0 Å². The number of hydrogen-bond acceptors (Lipinski definition) is 9. The summed E-state index contributed by atoms with van der Waals surface area (Å²) in [5.41, 5.74) is 1.94. The summed E-state index contributed by atoms with van der Waals surface area (Å²) in [7, 11) is 1.62. The Kier molecular flexibility index (Phi) is 6.63. The summed E-state index contributed by atoms with van der Waals surface area (Å²) in [6.07, 6.45) is 2.72. The number of tetrazole rings is 1. The van der Waals surface area contributed by atoms with Crippen molar-refractivity contribution in [1.82, 2.24) is 25.5 Å². The first-order chi connectivity index (χ1) is 15.9. The topological polar surface area (TPSA) is 142 Å². The van der Waals surface area contributed by atoms with Gasteiger partial charge in [-0.1, -0.05) is 24.3 Å². The van der Waals surface area contributed by atoms with Crippen LogP contribution in [0, 0.1) is 10.1 Å². The summed E-state index contributed by atoms with van der Waals surface area (Å²) < 4.78 is 6.60. The van der Waals surface area contributed by atoms with Gasteiger partial charge in [-0.15, -0.1) is 5.10 Å². The highest BCUT2D eigenvalue weighted by Gasteiger charge is 2.24. The molecule has 4 rings (SSSR count). The number of hydrogen-bond donors (Lipinski definition) is 1. The Hall–Kier alpha value is -3.80. The minimum atomic E-state index is -0.851. The van der Waals surface area contributed by atoms with Crippen LogP contribution < -0.4 is 5.32 Å². The number of ether oxygens (including phenoxy) is 1. The van der Waals surface area contributed by atoms with E-state index in [-0.39, 0.29) is 17.3 Å². The summed E-state index contributed by atoms with van der Waals surface area (Å²) in [5.74, 6) is -1.29. The van der Waals surface area contributed by atoms with Crippen LogP contribution in [0.4, 0.5) is 5.69 Å². The molecule has 0 bridgehead atoms. The second-order valence-electron chi connectivity index (χ2n) is 7.41.